The van der Waals surface area contributed by atoms with E-state index in [1.54, 1.807) is 0 Å². The molecular formula is C36H61N3. The highest BCUT2D eigenvalue weighted by Crippen LogP contribution is 2.33. The number of anilines is 1. The van der Waals surface area contributed by atoms with E-state index in [0.29, 0.717) is 5.92 Å². The summed E-state index contributed by atoms with van der Waals surface area (Å²) in [5.74, 6) is 1.45. The number of nitrogens with zero attached hydrogens (tertiary/aromatic N) is 3. The number of likely N-dealkylation sites (tertiary alicyclic amines) is 1. The monoisotopic (exact) mass is 535 g/mol. The van der Waals surface area contributed by atoms with Gasteiger partial charge in [-0.3, -0.25) is 4.90 Å². The standard InChI is InChI=1S/C36H61N3/c1-7-12-15-16-17-32(6)35-19-18-33(11-5)31-36(35)39(25-14-9-3)30-29-38(24-13-8-2)28-22-34-20-26-37(23-10-4)27-21-34/h8-9,11,13,18-19,31-32,34H,3,5,7,10,12,14-17,20-30H2,1-2,4,6H3/b13-8-. The van der Waals surface area contributed by atoms with Crippen molar-refractivity contribution in [2.45, 2.75) is 97.8 Å². The molecule has 3 heteroatoms. The molecule has 1 aliphatic heterocycles. The lowest BCUT2D eigenvalue weighted by molar-refractivity contribution is 0.167. The molecule has 1 fully saturated rings. The minimum Gasteiger partial charge on any atom is -0.370 e. The van der Waals surface area contributed by atoms with Gasteiger partial charge < -0.3 is 9.80 Å². The quantitative estimate of drug-likeness (QED) is 0.115. The van der Waals surface area contributed by atoms with Crippen LogP contribution in [0.2, 0.25) is 0 Å². The van der Waals surface area contributed by atoms with Crippen molar-refractivity contribution in [2.75, 3.05) is 57.3 Å². The van der Waals surface area contributed by atoms with Crippen molar-refractivity contribution in [1.82, 2.24) is 9.80 Å². The van der Waals surface area contributed by atoms with E-state index in [4.69, 9.17) is 0 Å². The van der Waals surface area contributed by atoms with Crippen LogP contribution in [0.25, 0.3) is 6.08 Å². The van der Waals surface area contributed by atoms with Crippen molar-refractivity contribution in [3.63, 3.8) is 0 Å². The summed E-state index contributed by atoms with van der Waals surface area (Å²) in [5, 5.41) is 0. The third kappa shape index (κ3) is 12.5. The molecule has 39 heavy (non-hydrogen) atoms. The van der Waals surface area contributed by atoms with Crippen molar-refractivity contribution in [2.24, 2.45) is 5.92 Å². The van der Waals surface area contributed by atoms with E-state index in [2.05, 4.69) is 92.0 Å². The lowest BCUT2D eigenvalue weighted by Gasteiger charge is -2.34. The average molecular weight is 536 g/mol. The van der Waals surface area contributed by atoms with Crippen LogP contribution in [-0.4, -0.2) is 62.2 Å². The topological polar surface area (TPSA) is 9.72 Å². The molecule has 0 aromatic heterocycles. The Hall–Kier alpha value is -1.84. The fourth-order valence-corrected chi connectivity index (χ4v) is 6.00. The Balaban J connectivity index is 2.10. The third-order valence-electron chi connectivity index (χ3n) is 8.64. The first-order valence-electron chi connectivity index (χ1n) is 16.2. The SMILES string of the molecule is C=CCCN(CCN(C/C=C\C)CCC1CCN(CCC)CC1)c1cc(C=C)ccc1C(C)CCCCCC. The molecule has 0 amide bonds. The van der Waals surface area contributed by atoms with Gasteiger partial charge in [-0.05, 0) is 101 Å². The molecule has 1 heterocycles. The first-order valence-corrected chi connectivity index (χ1v) is 16.2. The predicted octanol–water partition coefficient (Wildman–Crippen LogP) is 9.18. The smallest absolute Gasteiger partial charge is 0.0408 e. The molecule has 220 valence electrons. The van der Waals surface area contributed by atoms with Crippen molar-refractivity contribution in [3.05, 3.63) is 60.7 Å². The van der Waals surface area contributed by atoms with E-state index in [9.17, 15) is 0 Å². The van der Waals surface area contributed by atoms with Crippen molar-refractivity contribution in [3.8, 4) is 0 Å². The van der Waals surface area contributed by atoms with Gasteiger partial charge in [0.15, 0.2) is 0 Å². The first kappa shape index (κ1) is 33.4. The molecule has 0 bridgehead atoms. The highest BCUT2D eigenvalue weighted by molar-refractivity contribution is 5.62. The number of hydrogen-bond donors (Lipinski definition) is 0. The minimum atomic E-state index is 0.569. The molecule has 3 nitrogen and oxygen atoms in total. The second-order valence-electron chi connectivity index (χ2n) is 11.8. The molecule has 0 N–H and O–H groups in total. The largest absolute Gasteiger partial charge is 0.370 e. The highest BCUT2D eigenvalue weighted by Gasteiger charge is 2.20. The fraction of sp³-hybridized carbons (Fsp3) is 0.667. The second kappa shape index (κ2) is 20.1. The van der Waals surface area contributed by atoms with E-state index in [0.717, 1.165) is 38.5 Å². The van der Waals surface area contributed by atoms with Crippen LogP contribution in [0.1, 0.15) is 109 Å². The summed E-state index contributed by atoms with van der Waals surface area (Å²) in [4.78, 5) is 7.98. The molecule has 0 saturated carbocycles. The van der Waals surface area contributed by atoms with Gasteiger partial charge >= 0.3 is 0 Å². The molecule has 1 atom stereocenters. The summed E-state index contributed by atoms with van der Waals surface area (Å²) >= 11 is 0. The molecule has 1 aromatic carbocycles. The zero-order valence-corrected chi connectivity index (χ0v) is 26.2. The zero-order valence-electron chi connectivity index (χ0n) is 26.2. The number of hydrogen-bond acceptors (Lipinski definition) is 3. The van der Waals surface area contributed by atoms with Gasteiger partial charge in [-0.25, -0.2) is 0 Å². The van der Waals surface area contributed by atoms with E-state index in [-0.39, 0.29) is 0 Å². The van der Waals surface area contributed by atoms with Gasteiger partial charge in [0.2, 0.25) is 0 Å². The molecule has 1 aromatic rings. The molecule has 0 aliphatic carbocycles. The average Bonchev–Trinajstić information content (AvgIpc) is 2.96. The van der Waals surface area contributed by atoms with Crippen LogP contribution in [-0.2, 0) is 0 Å². The fourth-order valence-electron chi connectivity index (χ4n) is 6.00. The van der Waals surface area contributed by atoms with Gasteiger partial charge in [-0.15, -0.1) is 6.58 Å². The Kier molecular flexibility index (Phi) is 17.2. The van der Waals surface area contributed by atoms with Crippen LogP contribution < -0.4 is 4.90 Å². The molecule has 1 aliphatic rings. The summed E-state index contributed by atoms with van der Waals surface area (Å²) in [7, 11) is 0. The molecule has 1 saturated heterocycles. The van der Waals surface area contributed by atoms with Crippen LogP contribution in [0.15, 0.2) is 49.6 Å². The van der Waals surface area contributed by atoms with Crippen molar-refractivity contribution in [1.29, 1.82) is 0 Å². The van der Waals surface area contributed by atoms with Crippen LogP contribution in [0.3, 0.4) is 0 Å². The van der Waals surface area contributed by atoms with Gasteiger partial charge in [-0.2, -0.15) is 0 Å². The maximum absolute atomic E-state index is 4.08. The molecule has 2 rings (SSSR count). The summed E-state index contributed by atoms with van der Waals surface area (Å²) < 4.78 is 0. The normalized spacial score (nSPS) is 15.7. The molecular weight excluding hydrogens is 474 g/mol. The summed E-state index contributed by atoms with van der Waals surface area (Å²) in [6.07, 6.45) is 21.5. The van der Waals surface area contributed by atoms with E-state index < -0.39 is 0 Å². The van der Waals surface area contributed by atoms with Gasteiger partial charge in [0, 0.05) is 31.9 Å². The van der Waals surface area contributed by atoms with Crippen LogP contribution in [0.5, 0.6) is 0 Å². The molecule has 1 unspecified atom stereocenters. The van der Waals surface area contributed by atoms with Crippen LogP contribution in [0, 0.1) is 5.92 Å². The van der Waals surface area contributed by atoms with Gasteiger partial charge in [0.25, 0.3) is 0 Å². The number of rotatable bonds is 21. The lowest BCUT2D eigenvalue weighted by Crippen LogP contribution is -2.38. The van der Waals surface area contributed by atoms with Crippen LogP contribution >= 0.6 is 0 Å². The zero-order chi connectivity index (χ0) is 28.3. The van der Waals surface area contributed by atoms with E-state index in [1.807, 2.05) is 6.08 Å². The maximum Gasteiger partial charge on any atom is 0.0408 e. The Morgan fingerprint density at radius 2 is 1.79 bits per heavy atom. The van der Waals surface area contributed by atoms with E-state index in [1.165, 1.54) is 101 Å². The Bertz CT molecular complexity index is 821. The van der Waals surface area contributed by atoms with Crippen molar-refractivity contribution >= 4 is 11.8 Å². The number of benzene rings is 1. The van der Waals surface area contributed by atoms with E-state index >= 15 is 0 Å². The summed E-state index contributed by atoms with van der Waals surface area (Å²) in [6, 6.07) is 7.01. The highest BCUT2D eigenvalue weighted by atomic mass is 15.2. The first-order chi connectivity index (χ1) is 19.1. The van der Waals surface area contributed by atoms with Gasteiger partial charge in [0.05, 0.1) is 0 Å². The Morgan fingerprint density at radius 1 is 1.00 bits per heavy atom. The molecule has 0 spiro atoms. The van der Waals surface area contributed by atoms with Crippen molar-refractivity contribution < 1.29 is 0 Å². The maximum atomic E-state index is 4.08. The predicted molar refractivity (Wildman–Crippen MR) is 176 cm³/mol. The summed E-state index contributed by atoms with van der Waals surface area (Å²) in [6.45, 7) is 26.6. The molecule has 0 radical (unpaired) electrons. The van der Waals surface area contributed by atoms with Gasteiger partial charge in [-0.1, -0.05) is 89.5 Å². The minimum absolute atomic E-state index is 0.569. The third-order valence-corrected chi connectivity index (χ3v) is 8.64. The number of unbranched alkanes of at least 4 members (excludes halogenated alkanes) is 3. The Morgan fingerprint density at radius 3 is 2.46 bits per heavy atom. The number of piperidine rings is 1. The number of allylic oxidation sites excluding steroid dienone is 1. The lowest BCUT2D eigenvalue weighted by atomic mass is 9.91. The summed E-state index contributed by atoms with van der Waals surface area (Å²) in [5.41, 5.74) is 4.13. The Labute approximate surface area is 243 Å². The van der Waals surface area contributed by atoms with Gasteiger partial charge in [0.1, 0.15) is 0 Å². The second-order valence-corrected chi connectivity index (χ2v) is 11.8. The van der Waals surface area contributed by atoms with Crippen LogP contribution in [0.4, 0.5) is 5.69 Å².